The van der Waals surface area contributed by atoms with Gasteiger partial charge in [-0.05, 0) is 68.8 Å². The summed E-state index contributed by atoms with van der Waals surface area (Å²) in [5.74, 6) is 1.82. The van der Waals surface area contributed by atoms with Crippen LogP contribution in [0.25, 0.3) is 0 Å². The van der Waals surface area contributed by atoms with Gasteiger partial charge < -0.3 is 19.7 Å². The lowest BCUT2D eigenvalue weighted by Crippen LogP contribution is -2.24. The summed E-state index contributed by atoms with van der Waals surface area (Å²) >= 11 is 0. The molecule has 7 heteroatoms. The van der Waals surface area contributed by atoms with Gasteiger partial charge in [0.1, 0.15) is 28.7 Å². The topological polar surface area (TPSA) is 80.8 Å². The molecule has 0 bridgehead atoms. The molecule has 4 rings (SSSR count). The second kappa shape index (κ2) is 8.58. The van der Waals surface area contributed by atoms with Gasteiger partial charge in [-0.2, -0.15) is 0 Å². The molecule has 2 heterocycles. The van der Waals surface area contributed by atoms with Crippen molar-refractivity contribution in [3.05, 3.63) is 77.0 Å². The highest BCUT2D eigenvalue weighted by Gasteiger charge is 2.34. The summed E-state index contributed by atoms with van der Waals surface area (Å²) in [6.07, 6.45) is 2.35. The summed E-state index contributed by atoms with van der Waals surface area (Å²) in [5, 5.41) is 2.82. The molecule has 1 aliphatic heterocycles. The number of anilines is 1. The first-order valence-electron chi connectivity index (χ1n) is 10.7. The summed E-state index contributed by atoms with van der Waals surface area (Å²) < 4.78 is 12.2. The Labute approximate surface area is 193 Å². The standard InChI is InChI=1S/C26H27N3O4/c1-16-6-11-23(27-15-16)28-24(30)18-12-21(20-14-26(2,3)33-22(20)13-18)32-19-9-7-17(8-10-19)25(31)29(4)5/h6-13,15H,14H2,1-5H3,(H,27,28,30). The minimum Gasteiger partial charge on any atom is -0.487 e. The largest absolute Gasteiger partial charge is 0.487 e. The van der Waals surface area contributed by atoms with E-state index in [1.807, 2.05) is 26.8 Å². The van der Waals surface area contributed by atoms with Crippen molar-refractivity contribution in [2.45, 2.75) is 32.8 Å². The molecule has 0 saturated carbocycles. The lowest BCUT2D eigenvalue weighted by molar-refractivity contribution is 0.0827. The van der Waals surface area contributed by atoms with E-state index in [2.05, 4.69) is 10.3 Å². The highest BCUT2D eigenvalue weighted by molar-refractivity contribution is 6.04. The molecule has 3 aromatic rings. The SMILES string of the molecule is Cc1ccc(NC(=O)c2cc(Oc3ccc(C(=O)N(C)C)cc3)c3c(c2)OC(C)(C)C3)nc1. The molecular weight excluding hydrogens is 418 g/mol. The zero-order valence-electron chi connectivity index (χ0n) is 19.4. The lowest BCUT2D eigenvalue weighted by Gasteiger charge is -2.16. The van der Waals surface area contributed by atoms with Gasteiger partial charge in [-0.25, -0.2) is 4.98 Å². The summed E-state index contributed by atoms with van der Waals surface area (Å²) in [6, 6.07) is 14.0. The highest BCUT2D eigenvalue weighted by Crippen LogP contribution is 2.43. The minimum absolute atomic E-state index is 0.0824. The second-order valence-corrected chi connectivity index (χ2v) is 8.99. The second-order valence-electron chi connectivity index (χ2n) is 8.99. The van der Waals surface area contributed by atoms with Crippen molar-refractivity contribution in [3.8, 4) is 17.2 Å². The van der Waals surface area contributed by atoms with Gasteiger partial charge >= 0.3 is 0 Å². The van der Waals surface area contributed by atoms with E-state index in [0.717, 1.165) is 11.1 Å². The fraction of sp³-hybridized carbons (Fsp3) is 0.269. The number of hydrogen-bond acceptors (Lipinski definition) is 5. The molecule has 7 nitrogen and oxygen atoms in total. The average Bonchev–Trinajstić information content (AvgIpc) is 3.09. The normalized spacial score (nSPS) is 13.6. The van der Waals surface area contributed by atoms with Crippen molar-refractivity contribution in [2.75, 3.05) is 19.4 Å². The van der Waals surface area contributed by atoms with Gasteiger partial charge in [-0.1, -0.05) is 6.07 Å². The van der Waals surface area contributed by atoms with Crippen LogP contribution >= 0.6 is 0 Å². The summed E-state index contributed by atoms with van der Waals surface area (Å²) in [4.78, 5) is 30.9. The molecule has 0 saturated heterocycles. The number of nitrogens with one attached hydrogen (secondary N) is 1. The number of fused-ring (bicyclic) bond motifs is 1. The van der Waals surface area contributed by atoms with Crippen molar-refractivity contribution < 1.29 is 19.1 Å². The smallest absolute Gasteiger partial charge is 0.257 e. The van der Waals surface area contributed by atoms with Crippen LogP contribution < -0.4 is 14.8 Å². The molecule has 0 unspecified atom stereocenters. The van der Waals surface area contributed by atoms with Crippen LogP contribution in [0.1, 0.15) is 45.7 Å². The quantitative estimate of drug-likeness (QED) is 0.607. The Morgan fingerprint density at radius 3 is 2.42 bits per heavy atom. The Morgan fingerprint density at radius 1 is 1.06 bits per heavy atom. The lowest BCUT2D eigenvalue weighted by atomic mass is 9.99. The van der Waals surface area contributed by atoms with Crippen LogP contribution in [0, 0.1) is 6.92 Å². The molecular formula is C26H27N3O4. The molecule has 0 atom stereocenters. The van der Waals surface area contributed by atoms with Crippen molar-refractivity contribution in [3.63, 3.8) is 0 Å². The summed E-state index contributed by atoms with van der Waals surface area (Å²) in [6.45, 7) is 5.92. The maximum Gasteiger partial charge on any atom is 0.257 e. The van der Waals surface area contributed by atoms with Crippen LogP contribution in [0.4, 0.5) is 5.82 Å². The number of aryl methyl sites for hydroxylation is 1. The number of carbonyl (C=O) groups excluding carboxylic acids is 2. The first-order chi connectivity index (χ1) is 15.6. The van der Waals surface area contributed by atoms with Crippen LogP contribution in [0.15, 0.2) is 54.7 Å². The zero-order chi connectivity index (χ0) is 23.8. The monoisotopic (exact) mass is 445 g/mol. The molecule has 1 aliphatic rings. The molecule has 0 fully saturated rings. The van der Waals surface area contributed by atoms with Crippen LogP contribution in [0.5, 0.6) is 17.2 Å². The van der Waals surface area contributed by atoms with E-state index in [1.165, 1.54) is 4.90 Å². The highest BCUT2D eigenvalue weighted by atomic mass is 16.5. The number of ether oxygens (including phenoxy) is 2. The van der Waals surface area contributed by atoms with Gasteiger partial charge in [0.05, 0.1) is 0 Å². The summed E-state index contributed by atoms with van der Waals surface area (Å²) in [7, 11) is 3.42. The number of rotatable bonds is 5. The molecule has 2 aromatic carbocycles. The van der Waals surface area contributed by atoms with E-state index < -0.39 is 5.60 Å². The first-order valence-corrected chi connectivity index (χ1v) is 10.7. The maximum atomic E-state index is 12.9. The van der Waals surface area contributed by atoms with Crippen molar-refractivity contribution >= 4 is 17.6 Å². The molecule has 2 amide bonds. The number of carbonyl (C=O) groups is 2. The first kappa shape index (κ1) is 22.3. The Bertz CT molecular complexity index is 1200. The van der Waals surface area contributed by atoms with Gasteiger partial charge in [-0.15, -0.1) is 0 Å². The number of nitrogens with zero attached hydrogens (tertiary/aromatic N) is 2. The Kier molecular flexibility index (Phi) is 5.80. The molecule has 0 spiro atoms. The fourth-order valence-corrected chi connectivity index (χ4v) is 3.65. The van der Waals surface area contributed by atoms with E-state index in [-0.39, 0.29) is 11.8 Å². The Balaban J connectivity index is 1.63. The van der Waals surface area contributed by atoms with E-state index in [4.69, 9.17) is 9.47 Å². The van der Waals surface area contributed by atoms with Gasteiger partial charge in [0.25, 0.3) is 11.8 Å². The third-order valence-corrected chi connectivity index (χ3v) is 5.31. The molecule has 0 radical (unpaired) electrons. The predicted octanol–water partition coefficient (Wildman–Crippen LogP) is 4.85. The molecule has 170 valence electrons. The number of amides is 2. The van der Waals surface area contributed by atoms with Crippen LogP contribution in [-0.4, -0.2) is 41.4 Å². The third-order valence-electron chi connectivity index (χ3n) is 5.31. The predicted molar refractivity (Wildman–Crippen MR) is 126 cm³/mol. The fourth-order valence-electron chi connectivity index (χ4n) is 3.65. The third kappa shape index (κ3) is 4.98. The number of hydrogen-bond donors (Lipinski definition) is 1. The minimum atomic E-state index is -0.407. The summed E-state index contributed by atoms with van der Waals surface area (Å²) in [5.41, 5.74) is 2.48. The number of pyridine rings is 1. The van der Waals surface area contributed by atoms with E-state index in [0.29, 0.717) is 40.6 Å². The maximum absolute atomic E-state index is 12.9. The zero-order valence-corrected chi connectivity index (χ0v) is 19.4. The van der Waals surface area contributed by atoms with Crippen molar-refractivity contribution in [1.82, 2.24) is 9.88 Å². The van der Waals surface area contributed by atoms with E-state index >= 15 is 0 Å². The van der Waals surface area contributed by atoms with Crippen LogP contribution in [0.2, 0.25) is 0 Å². The van der Waals surface area contributed by atoms with Gasteiger partial charge in [-0.3, -0.25) is 9.59 Å². The molecule has 1 aromatic heterocycles. The van der Waals surface area contributed by atoms with Gasteiger partial charge in [0, 0.05) is 43.4 Å². The Hall–Kier alpha value is -3.87. The number of benzene rings is 2. The molecule has 0 aliphatic carbocycles. The van der Waals surface area contributed by atoms with Crippen molar-refractivity contribution in [1.29, 1.82) is 0 Å². The van der Waals surface area contributed by atoms with Crippen molar-refractivity contribution in [2.24, 2.45) is 0 Å². The Morgan fingerprint density at radius 2 is 1.79 bits per heavy atom. The van der Waals surface area contributed by atoms with Crippen LogP contribution in [-0.2, 0) is 6.42 Å². The average molecular weight is 446 g/mol. The molecule has 1 N–H and O–H groups in total. The van der Waals surface area contributed by atoms with Gasteiger partial charge in [0.2, 0.25) is 0 Å². The molecule has 33 heavy (non-hydrogen) atoms. The van der Waals surface area contributed by atoms with E-state index in [1.54, 1.807) is 62.8 Å². The number of aromatic nitrogens is 1. The van der Waals surface area contributed by atoms with Gasteiger partial charge in [0.15, 0.2) is 0 Å². The van der Waals surface area contributed by atoms with Crippen LogP contribution in [0.3, 0.4) is 0 Å². The van der Waals surface area contributed by atoms with E-state index in [9.17, 15) is 9.59 Å².